The van der Waals surface area contributed by atoms with Crippen LogP contribution in [-0.2, 0) is 42.2 Å². The Balaban J connectivity index is 0.00000924. The SMILES string of the molecule is CCCCCCCCCCC(=Nc1cc(CC)cc(CC)c1)C(CCCC)=Nc1ccc(CCCC)c(CCCC)c1.[Ni]. The molecule has 0 aliphatic heterocycles. The fraction of sp³-hybridized carbons (Fsp3) is 0.650. The second-order valence-electron chi connectivity index (χ2n) is 12.3. The summed E-state index contributed by atoms with van der Waals surface area (Å²) < 4.78 is 0. The van der Waals surface area contributed by atoms with Crippen LogP contribution in [0.15, 0.2) is 46.4 Å². The van der Waals surface area contributed by atoms with Gasteiger partial charge in [0, 0.05) is 16.5 Å². The Hall–Kier alpha value is -1.73. The van der Waals surface area contributed by atoms with E-state index in [2.05, 4.69) is 77.9 Å². The van der Waals surface area contributed by atoms with E-state index in [9.17, 15) is 0 Å². The van der Waals surface area contributed by atoms with Gasteiger partial charge in [-0.1, -0.05) is 118 Å². The molecule has 43 heavy (non-hydrogen) atoms. The van der Waals surface area contributed by atoms with E-state index in [0.717, 1.165) is 49.9 Å². The Bertz CT molecular complexity index is 1050. The summed E-state index contributed by atoms with van der Waals surface area (Å²) in [5.74, 6) is 0. The average Bonchev–Trinajstić information content (AvgIpc) is 3.01. The molecule has 0 radical (unpaired) electrons. The zero-order chi connectivity index (χ0) is 30.4. The van der Waals surface area contributed by atoms with Crippen molar-refractivity contribution in [2.24, 2.45) is 9.98 Å². The fourth-order valence-electron chi connectivity index (χ4n) is 5.72. The second-order valence-corrected chi connectivity index (χ2v) is 12.3. The van der Waals surface area contributed by atoms with Gasteiger partial charge in [0.25, 0.3) is 0 Å². The summed E-state index contributed by atoms with van der Waals surface area (Å²) in [7, 11) is 0. The zero-order valence-electron chi connectivity index (χ0n) is 28.8. The van der Waals surface area contributed by atoms with Crippen molar-refractivity contribution >= 4 is 22.8 Å². The van der Waals surface area contributed by atoms with E-state index >= 15 is 0 Å². The summed E-state index contributed by atoms with van der Waals surface area (Å²) in [5, 5.41) is 0. The van der Waals surface area contributed by atoms with Crippen molar-refractivity contribution in [2.45, 2.75) is 170 Å². The van der Waals surface area contributed by atoms with E-state index in [0.29, 0.717) is 0 Å². The largest absolute Gasteiger partial charge is 0.252 e. The van der Waals surface area contributed by atoms with Crippen LogP contribution in [0.4, 0.5) is 11.4 Å². The van der Waals surface area contributed by atoms with E-state index in [-0.39, 0.29) is 16.5 Å². The molecule has 244 valence electrons. The maximum atomic E-state index is 5.40. The van der Waals surface area contributed by atoms with Crippen molar-refractivity contribution in [3.63, 3.8) is 0 Å². The predicted octanol–water partition coefficient (Wildman–Crippen LogP) is 13.1. The topological polar surface area (TPSA) is 24.7 Å². The molecule has 0 N–H and O–H groups in total. The number of unbranched alkanes of at least 4 members (excludes halogenated alkanes) is 10. The fourth-order valence-corrected chi connectivity index (χ4v) is 5.72. The monoisotopic (exact) mass is 630 g/mol. The van der Waals surface area contributed by atoms with Crippen LogP contribution in [0.5, 0.6) is 0 Å². The first kappa shape index (κ1) is 39.3. The Morgan fingerprint density at radius 2 is 0.953 bits per heavy atom. The van der Waals surface area contributed by atoms with Crippen molar-refractivity contribution < 1.29 is 16.5 Å². The quantitative estimate of drug-likeness (QED) is 0.0662. The zero-order valence-corrected chi connectivity index (χ0v) is 29.8. The summed E-state index contributed by atoms with van der Waals surface area (Å²) in [4.78, 5) is 10.8. The molecule has 0 saturated heterocycles. The number of benzene rings is 2. The third kappa shape index (κ3) is 15.7. The van der Waals surface area contributed by atoms with E-state index in [1.807, 2.05) is 0 Å². The molecule has 0 aromatic heterocycles. The normalized spacial score (nSPS) is 12.0. The molecule has 0 aliphatic carbocycles. The smallest absolute Gasteiger partial charge is 0.0639 e. The molecule has 0 saturated carbocycles. The average molecular weight is 632 g/mol. The summed E-state index contributed by atoms with van der Waals surface area (Å²) in [6.45, 7) is 13.7. The first-order chi connectivity index (χ1) is 20.6. The predicted molar refractivity (Wildman–Crippen MR) is 190 cm³/mol. The van der Waals surface area contributed by atoms with E-state index in [4.69, 9.17) is 9.98 Å². The molecule has 3 heteroatoms. The minimum Gasteiger partial charge on any atom is -0.252 e. The van der Waals surface area contributed by atoms with Crippen LogP contribution >= 0.6 is 0 Å². The van der Waals surface area contributed by atoms with Gasteiger partial charge in [-0.05, 0) is 111 Å². The van der Waals surface area contributed by atoms with Gasteiger partial charge in [-0.3, -0.25) is 9.98 Å². The number of hydrogen-bond donors (Lipinski definition) is 0. The van der Waals surface area contributed by atoms with Crippen LogP contribution in [0.1, 0.15) is 167 Å². The second kappa shape index (κ2) is 24.6. The van der Waals surface area contributed by atoms with Gasteiger partial charge in [0.05, 0.1) is 22.8 Å². The van der Waals surface area contributed by atoms with Crippen LogP contribution in [0.25, 0.3) is 0 Å². The molecule has 2 rings (SSSR count). The summed E-state index contributed by atoms with van der Waals surface area (Å²) in [5.41, 5.74) is 10.5. The number of hydrogen-bond acceptors (Lipinski definition) is 2. The Morgan fingerprint density at radius 1 is 0.465 bits per heavy atom. The number of aliphatic imine (C=N–C) groups is 2. The van der Waals surface area contributed by atoms with Crippen LogP contribution in [-0.4, -0.2) is 11.4 Å². The third-order valence-corrected chi connectivity index (χ3v) is 8.54. The molecule has 0 unspecified atom stereocenters. The van der Waals surface area contributed by atoms with Crippen LogP contribution in [0, 0.1) is 0 Å². The molecule has 0 amide bonds. The van der Waals surface area contributed by atoms with E-state index in [1.54, 1.807) is 0 Å². The van der Waals surface area contributed by atoms with Gasteiger partial charge in [0.2, 0.25) is 0 Å². The maximum Gasteiger partial charge on any atom is 0.0639 e. The standard InChI is InChI=1S/C40H64N2.Ni/c1-7-13-17-18-19-20-21-22-26-40(42-38-30-33(11-5)29-34(12-6)31-38)39(25-16-10-4)41-37-28-27-35(23-14-8-2)36(32-37)24-15-9-3;/h27-32H,7-26H2,1-6H3;. The van der Waals surface area contributed by atoms with Gasteiger partial charge < -0.3 is 0 Å². The van der Waals surface area contributed by atoms with Crippen molar-refractivity contribution in [1.29, 1.82) is 0 Å². The maximum absolute atomic E-state index is 5.40. The number of rotatable bonds is 23. The van der Waals surface area contributed by atoms with Crippen molar-refractivity contribution in [2.75, 3.05) is 0 Å². The van der Waals surface area contributed by atoms with E-state index < -0.39 is 0 Å². The van der Waals surface area contributed by atoms with Crippen LogP contribution in [0.2, 0.25) is 0 Å². The number of aryl methyl sites for hydroxylation is 4. The summed E-state index contributed by atoms with van der Waals surface area (Å²) >= 11 is 0. The first-order valence-electron chi connectivity index (χ1n) is 18.0. The summed E-state index contributed by atoms with van der Waals surface area (Å²) in [6.07, 6.45) is 24.4. The van der Waals surface area contributed by atoms with E-state index in [1.165, 1.54) is 124 Å². The molecule has 0 fully saturated rings. The van der Waals surface area contributed by atoms with Gasteiger partial charge in [-0.2, -0.15) is 0 Å². The van der Waals surface area contributed by atoms with Gasteiger partial charge in [0.15, 0.2) is 0 Å². The minimum absolute atomic E-state index is 0. The Kier molecular flexibility index (Phi) is 22.5. The molecule has 2 aromatic rings. The van der Waals surface area contributed by atoms with Crippen molar-refractivity contribution in [1.82, 2.24) is 0 Å². The van der Waals surface area contributed by atoms with Crippen LogP contribution < -0.4 is 0 Å². The third-order valence-electron chi connectivity index (χ3n) is 8.54. The molecule has 0 spiro atoms. The van der Waals surface area contributed by atoms with Gasteiger partial charge in [0.1, 0.15) is 0 Å². The molecule has 0 bridgehead atoms. The minimum atomic E-state index is 0. The Morgan fingerprint density at radius 3 is 1.51 bits per heavy atom. The molecule has 0 atom stereocenters. The van der Waals surface area contributed by atoms with Crippen molar-refractivity contribution in [3.8, 4) is 0 Å². The first-order valence-corrected chi connectivity index (χ1v) is 18.0. The number of nitrogens with zero attached hydrogens (tertiary/aromatic N) is 2. The molecule has 2 nitrogen and oxygen atoms in total. The van der Waals surface area contributed by atoms with Gasteiger partial charge >= 0.3 is 0 Å². The molecular weight excluding hydrogens is 567 g/mol. The Labute approximate surface area is 277 Å². The van der Waals surface area contributed by atoms with Gasteiger partial charge in [-0.15, -0.1) is 0 Å². The van der Waals surface area contributed by atoms with Crippen LogP contribution in [0.3, 0.4) is 0 Å². The molecule has 0 heterocycles. The molecular formula is C40H64N2Ni. The molecule has 2 aromatic carbocycles. The van der Waals surface area contributed by atoms with Gasteiger partial charge in [-0.25, -0.2) is 0 Å². The molecule has 0 aliphatic rings. The van der Waals surface area contributed by atoms with Crippen molar-refractivity contribution in [3.05, 3.63) is 58.7 Å². The summed E-state index contributed by atoms with van der Waals surface area (Å²) in [6, 6.07) is 14.0.